The van der Waals surface area contributed by atoms with E-state index in [1.165, 1.54) is 0 Å². The molecule has 0 saturated carbocycles. The van der Waals surface area contributed by atoms with Crippen molar-refractivity contribution in [2.45, 2.75) is 45.8 Å². The first-order valence-corrected chi connectivity index (χ1v) is 8.20. The second kappa shape index (κ2) is 6.26. The maximum absolute atomic E-state index is 11.9. The number of carbonyl (C=O) groups excluding carboxylic acids is 1. The molecule has 0 radical (unpaired) electrons. The number of ether oxygens (including phenoxy) is 1. The lowest BCUT2D eigenvalue weighted by Crippen LogP contribution is -2.52. The highest BCUT2D eigenvalue weighted by atomic mass is 16.6. The van der Waals surface area contributed by atoms with Crippen molar-refractivity contribution in [3.8, 4) is 0 Å². The minimum Gasteiger partial charge on any atom is -0.444 e. The third kappa shape index (κ3) is 3.74. The highest BCUT2D eigenvalue weighted by Gasteiger charge is 2.34. The molecule has 8 heteroatoms. The normalized spacial score (nSPS) is 16.8. The first kappa shape index (κ1) is 16.5. The van der Waals surface area contributed by atoms with Gasteiger partial charge in [-0.05, 0) is 40.0 Å². The first-order valence-electron chi connectivity index (χ1n) is 8.20. The number of hydrogen-bond acceptors (Lipinski definition) is 6. The molecule has 1 atom stereocenters. The van der Waals surface area contributed by atoms with Gasteiger partial charge in [-0.3, -0.25) is 4.40 Å². The van der Waals surface area contributed by atoms with Crippen LogP contribution in [0.15, 0.2) is 18.7 Å². The number of anilines is 1. The number of hydrogen-bond donors (Lipinski definition) is 1. The lowest BCUT2D eigenvalue weighted by molar-refractivity contribution is -0.00257. The van der Waals surface area contributed by atoms with Crippen LogP contribution in [0.25, 0.3) is 5.65 Å². The van der Waals surface area contributed by atoms with Crippen LogP contribution in [-0.4, -0.2) is 55.3 Å². The van der Waals surface area contributed by atoms with E-state index >= 15 is 0 Å². The first-order chi connectivity index (χ1) is 11.3. The van der Waals surface area contributed by atoms with Gasteiger partial charge in [0.25, 0.3) is 0 Å². The lowest BCUT2D eigenvalue weighted by atomic mass is 9.93. The summed E-state index contributed by atoms with van der Waals surface area (Å²) in [5, 5.41) is 11.3. The zero-order valence-corrected chi connectivity index (χ0v) is 14.6. The Balaban J connectivity index is 1.48. The molecule has 1 unspecified atom stereocenters. The van der Waals surface area contributed by atoms with E-state index in [1.807, 2.05) is 31.4 Å². The molecule has 24 heavy (non-hydrogen) atoms. The van der Waals surface area contributed by atoms with E-state index < -0.39 is 5.60 Å². The molecule has 1 amide bonds. The molecule has 1 fully saturated rings. The lowest BCUT2D eigenvalue weighted by Gasteiger charge is -2.40. The Morgan fingerprint density at radius 2 is 2.21 bits per heavy atom. The highest BCUT2D eigenvalue weighted by Crippen LogP contribution is 2.24. The fourth-order valence-electron chi connectivity index (χ4n) is 2.85. The molecule has 2 aromatic rings. The Morgan fingerprint density at radius 1 is 1.46 bits per heavy atom. The van der Waals surface area contributed by atoms with E-state index in [0.717, 1.165) is 25.3 Å². The SMILES string of the molecule is CC(CC1CN(C(=O)OC(C)(C)C)C1)Nc1nccn2cnnc12. The standard InChI is InChI=1S/C16H24N6O2/c1-11(19-13-14-20-18-10-21(14)6-5-17-13)7-12-8-22(9-12)15(23)24-16(2,3)4/h5-6,10-12H,7-9H2,1-4H3,(H,17,19). The van der Waals surface area contributed by atoms with Crippen LogP contribution in [0.4, 0.5) is 10.6 Å². The van der Waals surface area contributed by atoms with Crippen LogP contribution in [-0.2, 0) is 4.74 Å². The average Bonchev–Trinajstić information content (AvgIpc) is 2.89. The number of likely N-dealkylation sites (tertiary alicyclic amines) is 1. The minimum atomic E-state index is -0.445. The predicted molar refractivity (Wildman–Crippen MR) is 89.8 cm³/mol. The van der Waals surface area contributed by atoms with E-state index in [-0.39, 0.29) is 12.1 Å². The molecule has 0 bridgehead atoms. The highest BCUT2D eigenvalue weighted by molar-refractivity contribution is 5.69. The molecule has 2 aromatic heterocycles. The summed E-state index contributed by atoms with van der Waals surface area (Å²) in [4.78, 5) is 18.0. The summed E-state index contributed by atoms with van der Waals surface area (Å²) < 4.78 is 7.20. The maximum Gasteiger partial charge on any atom is 0.410 e. The summed E-state index contributed by atoms with van der Waals surface area (Å²) in [6.45, 7) is 9.23. The monoisotopic (exact) mass is 332 g/mol. The van der Waals surface area contributed by atoms with Gasteiger partial charge in [-0.25, -0.2) is 9.78 Å². The number of nitrogens with zero attached hydrogens (tertiary/aromatic N) is 5. The van der Waals surface area contributed by atoms with E-state index in [2.05, 4.69) is 27.4 Å². The van der Waals surface area contributed by atoms with Crippen molar-refractivity contribution >= 4 is 17.6 Å². The number of aromatic nitrogens is 4. The summed E-state index contributed by atoms with van der Waals surface area (Å²) in [5.41, 5.74) is 0.271. The van der Waals surface area contributed by atoms with Gasteiger partial charge in [0.05, 0.1) is 0 Å². The Hall–Kier alpha value is -2.38. The van der Waals surface area contributed by atoms with Gasteiger partial charge in [0.15, 0.2) is 5.82 Å². The van der Waals surface area contributed by atoms with Crippen molar-refractivity contribution in [2.75, 3.05) is 18.4 Å². The van der Waals surface area contributed by atoms with Gasteiger partial charge in [-0.15, -0.1) is 10.2 Å². The molecule has 3 rings (SSSR count). The smallest absolute Gasteiger partial charge is 0.410 e. The van der Waals surface area contributed by atoms with Crippen LogP contribution in [0.5, 0.6) is 0 Å². The van der Waals surface area contributed by atoms with Gasteiger partial charge < -0.3 is 15.0 Å². The average molecular weight is 332 g/mol. The summed E-state index contributed by atoms with van der Waals surface area (Å²) in [6.07, 6.45) is 5.91. The predicted octanol–water partition coefficient (Wildman–Crippen LogP) is 2.18. The Labute approximate surface area is 141 Å². The van der Waals surface area contributed by atoms with Crippen molar-refractivity contribution in [3.63, 3.8) is 0 Å². The number of carbonyl (C=O) groups is 1. The van der Waals surface area contributed by atoms with E-state index in [9.17, 15) is 4.79 Å². The van der Waals surface area contributed by atoms with Crippen LogP contribution in [0.3, 0.4) is 0 Å². The molecule has 0 spiro atoms. The van der Waals surface area contributed by atoms with Gasteiger partial charge in [0, 0.05) is 31.5 Å². The third-order valence-electron chi connectivity index (χ3n) is 3.89. The Bertz CT molecular complexity index is 717. The number of amides is 1. The van der Waals surface area contributed by atoms with E-state index in [4.69, 9.17) is 4.74 Å². The van der Waals surface area contributed by atoms with Crippen LogP contribution in [0.2, 0.25) is 0 Å². The summed E-state index contributed by atoms with van der Waals surface area (Å²) in [7, 11) is 0. The van der Waals surface area contributed by atoms with Gasteiger partial charge in [0.2, 0.25) is 5.65 Å². The summed E-state index contributed by atoms with van der Waals surface area (Å²) >= 11 is 0. The molecule has 1 aliphatic rings. The quantitative estimate of drug-likeness (QED) is 0.924. The molecule has 1 N–H and O–H groups in total. The topological polar surface area (TPSA) is 84.7 Å². The van der Waals surface area contributed by atoms with Crippen molar-refractivity contribution in [2.24, 2.45) is 5.92 Å². The van der Waals surface area contributed by atoms with Crippen LogP contribution in [0, 0.1) is 5.92 Å². The fourth-order valence-corrected chi connectivity index (χ4v) is 2.85. The summed E-state index contributed by atoms with van der Waals surface area (Å²) in [5.74, 6) is 1.20. The summed E-state index contributed by atoms with van der Waals surface area (Å²) in [6, 6.07) is 0.228. The van der Waals surface area contributed by atoms with Gasteiger partial charge in [-0.2, -0.15) is 0 Å². The number of fused-ring (bicyclic) bond motifs is 1. The number of nitrogens with one attached hydrogen (secondary N) is 1. The zero-order chi connectivity index (χ0) is 17.3. The van der Waals surface area contributed by atoms with Crippen LogP contribution in [0.1, 0.15) is 34.1 Å². The zero-order valence-electron chi connectivity index (χ0n) is 14.6. The van der Waals surface area contributed by atoms with Gasteiger partial charge in [-0.1, -0.05) is 0 Å². The Morgan fingerprint density at radius 3 is 2.92 bits per heavy atom. The second-order valence-electron chi connectivity index (χ2n) is 7.37. The maximum atomic E-state index is 11.9. The van der Waals surface area contributed by atoms with Crippen molar-refractivity contribution in [1.82, 2.24) is 24.5 Å². The van der Waals surface area contributed by atoms with Crippen molar-refractivity contribution in [1.29, 1.82) is 0 Å². The van der Waals surface area contributed by atoms with E-state index in [0.29, 0.717) is 11.6 Å². The molecule has 130 valence electrons. The van der Waals surface area contributed by atoms with E-state index in [1.54, 1.807) is 17.4 Å². The third-order valence-corrected chi connectivity index (χ3v) is 3.89. The molecule has 0 aromatic carbocycles. The molecule has 1 saturated heterocycles. The molecule has 0 aliphatic carbocycles. The molecule has 3 heterocycles. The largest absolute Gasteiger partial charge is 0.444 e. The Kier molecular flexibility index (Phi) is 4.29. The van der Waals surface area contributed by atoms with Gasteiger partial charge >= 0.3 is 6.09 Å². The minimum absolute atomic E-state index is 0.228. The van der Waals surface area contributed by atoms with Crippen molar-refractivity contribution < 1.29 is 9.53 Å². The molecule has 8 nitrogen and oxygen atoms in total. The van der Waals surface area contributed by atoms with Gasteiger partial charge in [0.1, 0.15) is 11.9 Å². The van der Waals surface area contributed by atoms with Crippen molar-refractivity contribution in [3.05, 3.63) is 18.7 Å². The fraction of sp³-hybridized carbons (Fsp3) is 0.625. The molecular weight excluding hydrogens is 308 g/mol. The molecular formula is C16H24N6O2. The second-order valence-corrected chi connectivity index (χ2v) is 7.37. The van der Waals surface area contributed by atoms with Crippen LogP contribution >= 0.6 is 0 Å². The molecule has 1 aliphatic heterocycles. The van der Waals surface area contributed by atoms with Crippen LogP contribution < -0.4 is 5.32 Å². The number of rotatable bonds is 4.